The minimum atomic E-state index is -0.183. The summed E-state index contributed by atoms with van der Waals surface area (Å²) in [7, 11) is 3.50. The summed E-state index contributed by atoms with van der Waals surface area (Å²) in [5.74, 6) is 1.05. The highest BCUT2D eigenvalue weighted by molar-refractivity contribution is 7.09. The molecule has 0 fully saturated rings. The van der Waals surface area contributed by atoms with Crippen molar-refractivity contribution in [3.63, 3.8) is 0 Å². The Labute approximate surface area is 186 Å². The van der Waals surface area contributed by atoms with Crippen molar-refractivity contribution < 1.29 is 9.53 Å². The van der Waals surface area contributed by atoms with Crippen LogP contribution in [0.3, 0.4) is 0 Å². The zero-order valence-corrected chi connectivity index (χ0v) is 19.3. The second-order valence-electron chi connectivity index (χ2n) is 7.39. The number of methoxy groups -OCH3 is 1. The lowest BCUT2D eigenvalue weighted by Gasteiger charge is -2.17. The largest absolute Gasteiger partial charge is 0.497 e. The normalized spacial score (nSPS) is 10.9. The van der Waals surface area contributed by atoms with Crippen molar-refractivity contribution in [2.75, 3.05) is 26.0 Å². The molecule has 1 N–H and O–H groups in total. The number of nitrogens with one attached hydrogen (secondary N) is 1. The molecule has 2 aromatic heterocycles. The summed E-state index contributed by atoms with van der Waals surface area (Å²) < 4.78 is 7.14. The van der Waals surface area contributed by atoms with E-state index in [4.69, 9.17) is 4.74 Å². The number of hydrogen-bond acceptors (Lipinski definition) is 6. The van der Waals surface area contributed by atoms with Crippen LogP contribution in [0.2, 0.25) is 0 Å². The number of nitriles is 1. The van der Waals surface area contributed by atoms with E-state index in [2.05, 4.69) is 23.3 Å². The number of benzene rings is 1. The van der Waals surface area contributed by atoms with E-state index < -0.39 is 0 Å². The number of aromatic nitrogens is 2. The highest BCUT2D eigenvalue weighted by atomic mass is 32.1. The van der Waals surface area contributed by atoms with Crippen LogP contribution in [-0.4, -0.2) is 41.1 Å². The first kappa shape index (κ1) is 22.5. The molecule has 0 saturated heterocycles. The predicted molar refractivity (Wildman–Crippen MR) is 123 cm³/mol. The Morgan fingerprint density at radius 3 is 2.61 bits per heavy atom. The van der Waals surface area contributed by atoms with Crippen molar-refractivity contribution in [2.24, 2.45) is 0 Å². The summed E-state index contributed by atoms with van der Waals surface area (Å²) in [6, 6.07) is 9.76. The second kappa shape index (κ2) is 9.77. The van der Waals surface area contributed by atoms with Crippen molar-refractivity contribution in [1.29, 1.82) is 5.26 Å². The number of carbonyl (C=O) groups is 1. The van der Waals surface area contributed by atoms with Gasteiger partial charge in [-0.05, 0) is 57.1 Å². The average Bonchev–Trinajstić information content (AvgIpc) is 3.30. The molecule has 0 atom stereocenters. The highest BCUT2D eigenvalue weighted by Gasteiger charge is 2.21. The van der Waals surface area contributed by atoms with Gasteiger partial charge in [0.2, 0.25) is 5.91 Å². The predicted octanol–water partition coefficient (Wildman–Crippen LogP) is 4.06. The highest BCUT2D eigenvalue weighted by Crippen LogP contribution is 2.30. The Balaban J connectivity index is 1.81. The van der Waals surface area contributed by atoms with E-state index >= 15 is 0 Å². The van der Waals surface area contributed by atoms with E-state index in [-0.39, 0.29) is 12.5 Å². The lowest BCUT2D eigenvalue weighted by atomic mass is 10.2. The molecule has 8 heteroatoms. The van der Waals surface area contributed by atoms with Crippen molar-refractivity contribution in [2.45, 2.75) is 33.7 Å². The molecule has 0 aliphatic heterocycles. The lowest BCUT2D eigenvalue weighted by Crippen LogP contribution is -2.30. The smallest absolute Gasteiger partial charge is 0.239 e. The van der Waals surface area contributed by atoms with Crippen molar-refractivity contribution in [1.82, 2.24) is 14.5 Å². The SMILES string of the molecule is CCc1nc(CN(C)CC(=O)Nc2c(C#N)c(C)c(C)n2-c2ccc(OC)cc2)cs1. The van der Waals surface area contributed by atoms with Gasteiger partial charge in [0.1, 0.15) is 17.6 Å². The number of hydrogen-bond donors (Lipinski definition) is 1. The minimum Gasteiger partial charge on any atom is -0.497 e. The summed E-state index contributed by atoms with van der Waals surface area (Å²) in [6.07, 6.45) is 0.910. The third-order valence-corrected chi connectivity index (χ3v) is 6.20. The molecule has 1 amide bonds. The van der Waals surface area contributed by atoms with Crippen LogP contribution >= 0.6 is 11.3 Å². The minimum absolute atomic E-state index is 0.183. The van der Waals surface area contributed by atoms with Crippen LogP contribution in [-0.2, 0) is 17.8 Å². The van der Waals surface area contributed by atoms with Gasteiger partial charge in [0.15, 0.2) is 0 Å². The maximum Gasteiger partial charge on any atom is 0.239 e. The van der Waals surface area contributed by atoms with E-state index in [0.29, 0.717) is 17.9 Å². The lowest BCUT2D eigenvalue weighted by molar-refractivity contribution is -0.117. The summed E-state index contributed by atoms with van der Waals surface area (Å²) in [6.45, 7) is 6.69. The molecule has 31 heavy (non-hydrogen) atoms. The molecule has 0 saturated carbocycles. The monoisotopic (exact) mass is 437 g/mol. The van der Waals surface area contributed by atoms with Crippen LogP contribution < -0.4 is 10.1 Å². The Hall–Kier alpha value is -3.15. The van der Waals surface area contributed by atoms with Gasteiger partial charge in [-0.15, -0.1) is 11.3 Å². The molecule has 2 heterocycles. The van der Waals surface area contributed by atoms with Gasteiger partial charge in [-0.1, -0.05) is 6.92 Å². The Morgan fingerprint density at radius 2 is 2.03 bits per heavy atom. The molecular weight excluding hydrogens is 410 g/mol. The Bertz CT molecular complexity index is 1110. The molecule has 7 nitrogen and oxygen atoms in total. The fourth-order valence-corrected chi connectivity index (χ4v) is 4.18. The second-order valence-corrected chi connectivity index (χ2v) is 8.33. The van der Waals surface area contributed by atoms with E-state index in [1.807, 2.05) is 60.0 Å². The summed E-state index contributed by atoms with van der Waals surface area (Å²) >= 11 is 1.64. The quantitative estimate of drug-likeness (QED) is 0.574. The Morgan fingerprint density at radius 1 is 1.32 bits per heavy atom. The molecule has 0 spiro atoms. The number of likely N-dealkylation sites (N-methyl/N-ethyl adjacent to an activating group) is 1. The number of ether oxygens (including phenoxy) is 1. The Kier molecular flexibility index (Phi) is 7.10. The number of aryl methyl sites for hydroxylation is 1. The van der Waals surface area contributed by atoms with Crippen molar-refractivity contribution in [3.05, 3.63) is 57.2 Å². The van der Waals surface area contributed by atoms with Crippen LogP contribution in [0.15, 0.2) is 29.6 Å². The van der Waals surface area contributed by atoms with E-state index in [1.54, 1.807) is 18.4 Å². The first-order valence-corrected chi connectivity index (χ1v) is 10.9. The van der Waals surface area contributed by atoms with Crippen LogP contribution in [0.1, 0.15) is 34.4 Å². The molecule has 3 rings (SSSR count). The molecule has 162 valence electrons. The molecule has 0 aliphatic carbocycles. The fourth-order valence-electron chi connectivity index (χ4n) is 3.45. The number of thiazole rings is 1. The zero-order chi connectivity index (χ0) is 22.5. The third kappa shape index (κ3) is 4.95. The summed E-state index contributed by atoms with van der Waals surface area (Å²) in [5, 5.41) is 15.8. The molecule has 0 unspecified atom stereocenters. The van der Waals surface area contributed by atoms with Gasteiger partial charge < -0.3 is 10.1 Å². The van der Waals surface area contributed by atoms with Gasteiger partial charge in [-0.2, -0.15) is 5.26 Å². The fraction of sp³-hybridized carbons (Fsp3) is 0.348. The zero-order valence-electron chi connectivity index (χ0n) is 18.5. The van der Waals surface area contributed by atoms with Gasteiger partial charge in [-0.25, -0.2) is 4.98 Å². The maximum atomic E-state index is 12.8. The van der Waals surface area contributed by atoms with Crippen LogP contribution in [0.25, 0.3) is 5.69 Å². The van der Waals surface area contributed by atoms with Crippen LogP contribution in [0.4, 0.5) is 5.82 Å². The number of rotatable bonds is 8. The number of amides is 1. The number of carbonyl (C=O) groups excluding carboxylic acids is 1. The molecular formula is C23H27N5O2S. The van der Waals surface area contributed by atoms with Crippen molar-refractivity contribution >= 4 is 23.1 Å². The standard InChI is InChI=1S/C23H27N5O2S/c1-6-22-25-17(14-31-22)12-27(4)13-21(29)26-23-20(11-24)15(2)16(3)28(23)18-7-9-19(30-5)10-8-18/h7-10,14H,6,12-13H2,1-5H3,(H,26,29). The van der Waals surface area contributed by atoms with Gasteiger partial charge in [0.25, 0.3) is 0 Å². The number of anilines is 1. The van der Waals surface area contributed by atoms with E-state index in [0.717, 1.165) is 39.8 Å². The van der Waals surface area contributed by atoms with Crippen LogP contribution in [0, 0.1) is 25.2 Å². The third-order valence-electron chi connectivity index (χ3n) is 5.16. The molecule has 1 aromatic carbocycles. The van der Waals surface area contributed by atoms with Crippen molar-refractivity contribution in [3.8, 4) is 17.5 Å². The molecule has 0 bridgehead atoms. The average molecular weight is 438 g/mol. The van der Waals surface area contributed by atoms with Gasteiger partial charge in [0, 0.05) is 23.3 Å². The first-order chi connectivity index (χ1) is 14.9. The molecule has 0 radical (unpaired) electrons. The van der Waals surface area contributed by atoms with E-state index in [9.17, 15) is 10.1 Å². The summed E-state index contributed by atoms with van der Waals surface area (Å²) in [5.41, 5.74) is 4.03. The maximum absolute atomic E-state index is 12.8. The van der Waals surface area contributed by atoms with Gasteiger partial charge in [-0.3, -0.25) is 14.3 Å². The molecule has 0 aliphatic rings. The van der Waals surface area contributed by atoms with Crippen LogP contribution in [0.5, 0.6) is 5.75 Å². The first-order valence-electron chi connectivity index (χ1n) is 10.1. The molecule has 3 aromatic rings. The topological polar surface area (TPSA) is 83.2 Å². The summed E-state index contributed by atoms with van der Waals surface area (Å²) in [4.78, 5) is 19.3. The van der Waals surface area contributed by atoms with E-state index in [1.165, 1.54) is 0 Å². The number of nitrogens with zero attached hydrogens (tertiary/aromatic N) is 4. The van der Waals surface area contributed by atoms with Gasteiger partial charge in [0.05, 0.1) is 29.9 Å². The van der Waals surface area contributed by atoms with Gasteiger partial charge >= 0.3 is 0 Å².